The highest BCUT2D eigenvalue weighted by Crippen LogP contribution is 2.29. The zero-order chi connectivity index (χ0) is 27.5. The van der Waals surface area contributed by atoms with Crippen molar-refractivity contribution in [3.8, 4) is 17.1 Å². The van der Waals surface area contributed by atoms with Crippen LogP contribution in [0.25, 0.3) is 22.4 Å². The summed E-state index contributed by atoms with van der Waals surface area (Å²) in [5, 5.41) is 0. The van der Waals surface area contributed by atoms with Gasteiger partial charge in [0.25, 0.3) is 10.0 Å². The molecule has 1 heterocycles. The van der Waals surface area contributed by atoms with Crippen molar-refractivity contribution >= 4 is 26.7 Å². The normalized spacial score (nSPS) is 12.0. The van der Waals surface area contributed by atoms with Gasteiger partial charge in [0.05, 0.1) is 21.6 Å². The molecule has 5 aromatic rings. The Bertz CT molecular complexity index is 1670. The molecule has 1 N–H and O–H groups in total. The lowest BCUT2D eigenvalue weighted by atomic mass is 10.1. The second kappa shape index (κ2) is 10.8. The van der Waals surface area contributed by atoms with Gasteiger partial charge in [0, 0.05) is 12.1 Å². The highest BCUT2D eigenvalue weighted by atomic mass is 32.2. The Balaban J connectivity index is 1.41. The number of nitrogens with zero attached hydrogens (tertiary/aromatic N) is 2. The SMILES string of the molecule is O=S(=O)(Nc1ccc2c(c1)nc(-c1ccccc1)n2CCCc1ccccc1)c1ccc(OC(F)(F)F)cc1. The van der Waals surface area contributed by atoms with Crippen LogP contribution in [0.5, 0.6) is 5.75 Å². The van der Waals surface area contributed by atoms with Crippen LogP contribution in [0.3, 0.4) is 0 Å². The summed E-state index contributed by atoms with van der Waals surface area (Å²) in [5.41, 5.74) is 3.95. The lowest BCUT2D eigenvalue weighted by molar-refractivity contribution is -0.274. The summed E-state index contributed by atoms with van der Waals surface area (Å²) < 4.78 is 71.5. The fourth-order valence-electron chi connectivity index (χ4n) is 4.35. The number of anilines is 1. The van der Waals surface area contributed by atoms with Gasteiger partial charge in [0.2, 0.25) is 0 Å². The van der Waals surface area contributed by atoms with Crippen LogP contribution in [0.15, 0.2) is 108 Å². The largest absolute Gasteiger partial charge is 0.573 e. The van der Waals surface area contributed by atoms with Crippen molar-refractivity contribution < 1.29 is 26.3 Å². The predicted octanol–water partition coefficient (Wildman–Crippen LogP) is 7.04. The zero-order valence-electron chi connectivity index (χ0n) is 20.6. The predicted molar refractivity (Wildman–Crippen MR) is 144 cm³/mol. The summed E-state index contributed by atoms with van der Waals surface area (Å²) in [7, 11) is -4.06. The molecule has 200 valence electrons. The smallest absolute Gasteiger partial charge is 0.406 e. The first kappa shape index (κ1) is 26.3. The number of ether oxygens (including phenoxy) is 1. The minimum atomic E-state index is -4.86. The van der Waals surface area contributed by atoms with Crippen molar-refractivity contribution in [3.05, 3.63) is 109 Å². The molecule has 0 bridgehead atoms. The number of fused-ring (bicyclic) bond motifs is 1. The fraction of sp³-hybridized carbons (Fsp3) is 0.138. The number of nitrogens with one attached hydrogen (secondary N) is 1. The second-order valence-corrected chi connectivity index (χ2v) is 10.6. The molecule has 0 fully saturated rings. The molecule has 0 saturated carbocycles. The third-order valence-electron chi connectivity index (χ3n) is 6.09. The van der Waals surface area contributed by atoms with Gasteiger partial charge in [0.1, 0.15) is 11.6 Å². The number of hydrogen-bond donors (Lipinski definition) is 1. The second-order valence-electron chi connectivity index (χ2n) is 8.87. The Hall–Kier alpha value is -4.31. The van der Waals surface area contributed by atoms with Crippen molar-refractivity contribution in [1.29, 1.82) is 0 Å². The van der Waals surface area contributed by atoms with Gasteiger partial charge in [-0.2, -0.15) is 0 Å². The molecule has 4 aromatic carbocycles. The number of imidazole rings is 1. The number of sulfonamides is 1. The molecule has 0 aliphatic heterocycles. The maximum Gasteiger partial charge on any atom is 0.573 e. The van der Waals surface area contributed by atoms with Gasteiger partial charge in [-0.1, -0.05) is 60.7 Å². The monoisotopic (exact) mass is 551 g/mol. The molecule has 0 aliphatic carbocycles. The van der Waals surface area contributed by atoms with Crippen LogP contribution < -0.4 is 9.46 Å². The lowest BCUT2D eigenvalue weighted by Crippen LogP contribution is -2.17. The van der Waals surface area contributed by atoms with E-state index in [-0.39, 0.29) is 10.6 Å². The molecule has 10 heteroatoms. The molecular weight excluding hydrogens is 527 g/mol. The van der Waals surface area contributed by atoms with E-state index in [1.54, 1.807) is 12.1 Å². The fourth-order valence-corrected chi connectivity index (χ4v) is 5.40. The lowest BCUT2D eigenvalue weighted by Gasteiger charge is -2.11. The van der Waals surface area contributed by atoms with Crippen molar-refractivity contribution in [2.45, 2.75) is 30.6 Å². The molecule has 0 aliphatic rings. The molecule has 0 atom stereocenters. The molecule has 5 rings (SSSR count). The van der Waals surface area contributed by atoms with E-state index in [0.29, 0.717) is 12.1 Å². The van der Waals surface area contributed by atoms with Crippen molar-refractivity contribution in [2.75, 3.05) is 4.72 Å². The minimum Gasteiger partial charge on any atom is -0.406 e. The quantitative estimate of drug-likeness (QED) is 0.213. The molecule has 6 nitrogen and oxygen atoms in total. The van der Waals surface area contributed by atoms with E-state index in [9.17, 15) is 21.6 Å². The molecule has 0 radical (unpaired) electrons. The zero-order valence-corrected chi connectivity index (χ0v) is 21.4. The Kier molecular flexibility index (Phi) is 7.30. The summed E-state index contributed by atoms with van der Waals surface area (Å²) in [5.74, 6) is 0.271. The van der Waals surface area contributed by atoms with Crippen LogP contribution in [-0.2, 0) is 23.0 Å². The van der Waals surface area contributed by atoms with Gasteiger partial charge in [-0.05, 0) is 60.9 Å². The van der Waals surface area contributed by atoms with E-state index < -0.39 is 22.1 Å². The Morgan fingerprint density at radius 2 is 1.51 bits per heavy atom. The first-order valence-corrected chi connectivity index (χ1v) is 13.6. The van der Waals surface area contributed by atoms with E-state index in [1.807, 2.05) is 54.6 Å². The Labute approximate surface area is 223 Å². The molecule has 39 heavy (non-hydrogen) atoms. The summed E-state index contributed by atoms with van der Waals surface area (Å²) in [4.78, 5) is 4.62. The van der Waals surface area contributed by atoms with Crippen LogP contribution in [0, 0.1) is 0 Å². The van der Waals surface area contributed by atoms with Crippen molar-refractivity contribution in [1.82, 2.24) is 9.55 Å². The number of alkyl halides is 3. The van der Waals surface area contributed by atoms with E-state index >= 15 is 0 Å². The molecule has 0 saturated heterocycles. The highest BCUT2D eigenvalue weighted by molar-refractivity contribution is 7.92. The number of halogens is 3. The Morgan fingerprint density at radius 1 is 0.846 bits per heavy atom. The minimum absolute atomic E-state index is 0.200. The third-order valence-corrected chi connectivity index (χ3v) is 7.49. The van der Waals surface area contributed by atoms with Gasteiger partial charge >= 0.3 is 6.36 Å². The molecular formula is C29H24F3N3O3S. The van der Waals surface area contributed by atoms with Gasteiger partial charge in [-0.15, -0.1) is 13.2 Å². The van der Waals surface area contributed by atoms with Gasteiger partial charge < -0.3 is 9.30 Å². The first-order chi connectivity index (χ1) is 18.7. The maximum atomic E-state index is 12.9. The van der Waals surface area contributed by atoms with Crippen LogP contribution in [0.4, 0.5) is 18.9 Å². The average molecular weight is 552 g/mol. The average Bonchev–Trinajstić information content (AvgIpc) is 3.27. The van der Waals surface area contributed by atoms with Crippen LogP contribution in [0.2, 0.25) is 0 Å². The van der Waals surface area contributed by atoms with Gasteiger partial charge in [0.15, 0.2) is 0 Å². The summed E-state index contributed by atoms with van der Waals surface area (Å²) >= 11 is 0. The van der Waals surface area contributed by atoms with E-state index in [2.05, 4.69) is 26.2 Å². The molecule has 0 unspecified atom stereocenters. The topological polar surface area (TPSA) is 73.2 Å². The number of aromatic nitrogens is 2. The first-order valence-electron chi connectivity index (χ1n) is 12.2. The highest BCUT2D eigenvalue weighted by Gasteiger charge is 2.31. The van der Waals surface area contributed by atoms with Crippen LogP contribution in [-0.4, -0.2) is 24.3 Å². The standard InChI is InChI=1S/C29H24F3N3O3S/c30-29(31,32)38-24-14-16-25(17-15-24)39(36,37)34-23-13-18-27-26(20-23)33-28(22-11-5-2-6-12-22)35(27)19-7-10-21-8-3-1-4-9-21/h1-6,8-9,11-18,20,34H,7,10,19H2. The van der Waals surface area contributed by atoms with E-state index in [1.165, 1.54) is 5.56 Å². The molecule has 0 spiro atoms. The maximum absolute atomic E-state index is 12.9. The summed E-state index contributed by atoms with van der Waals surface area (Å²) in [6.45, 7) is 0.715. The summed E-state index contributed by atoms with van der Waals surface area (Å²) in [6, 6.07) is 29.1. The van der Waals surface area contributed by atoms with Gasteiger partial charge in [-0.25, -0.2) is 13.4 Å². The van der Waals surface area contributed by atoms with Gasteiger partial charge in [-0.3, -0.25) is 4.72 Å². The van der Waals surface area contributed by atoms with Crippen molar-refractivity contribution in [2.24, 2.45) is 0 Å². The number of aryl methyl sites for hydroxylation is 2. The number of hydrogen-bond acceptors (Lipinski definition) is 4. The number of benzene rings is 4. The van der Waals surface area contributed by atoms with Crippen LogP contribution in [0.1, 0.15) is 12.0 Å². The summed E-state index contributed by atoms with van der Waals surface area (Å²) in [6.07, 6.45) is -3.07. The van der Waals surface area contributed by atoms with E-state index in [0.717, 1.165) is 54.0 Å². The Morgan fingerprint density at radius 3 is 2.18 bits per heavy atom. The number of rotatable bonds is 9. The molecule has 1 aromatic heterocycles. The third kappa shape index (κ3) is 6.40. The van der Waals surface area contributed by atoms with E-state index in [4.69, 9.17) is 4.98 Å². The van der Waals surface area contributed by atoms with Crippen molar-refractivity contribution in [3.63, 3.8) is 0 Å². The molecule has 0 amide bonds. The van der Waals surface area contributed by atoms with Crippen LogP contribution >= 0.6 is 0 Å².